The lowest BCUT2D eigenvalue weighted by molar-refractivity contribution is -0.137. The number of amides is 1. The molecule has 5 aromatic rings. The lowest BCUT2D eigenvalue weighted by Gasteiger charge is -2.13. The standard InChI is InChI=1S/C27H21F3N6OS2/c28-27(29,30)20-7-4-8-21(15-20)36-24(19-10-12-31-13-11-19)34-35-26(36)39-17-23-33-22(16-38-23)25(37)32-14-9-18-5-2-1-3-6-18/h1-8,10-13,15-16H,9,14,17H2,(H,32,37). The van der Waals surface area contributed by atoms with E-state index in [0.29, 0.717) is 46.0 Å². The van der Waals surface area contributed by atoms with Gasteiger partial charge in [0.2, 0.25) is 0 Å². The average molecular weight is 567 g/mol. The second-order valence-corrected chi connectivity index (χ2v) is 10.2. The van der Waals surface area contributed by atoms with Gasteiger partial charge in [0.05, 0.1) is 17.0 Å². The van der Waals surface area contributed by atoms with Crippen molar-refractivity contribution in [1.29, 1.82) is 0 Å². The number of hydrogen-bond acceptors (Lipinski definition) is 7. The predicted molar refractivity (Wildman–Crippen MR) is 144 cm³/mol. The van der Waals surface area contributed by atoms with E-state index in [1.54, 1.807) is 40.5 Å². The third kappa shape index (κ3) is 6.52. The quantitative estimate of drug-likeness (QED) is 0.218. The van der Waals surface area contributed by atoms with Crippen molar-refractivity contribution in [3.05, 3.63) is 106 Å². The molecule has 0 saturated carbocycles. The molecular formula is C27H21F3N6OS2. The van der Waals surface area contributed by atoms with Crippen molar-refractivity contribution in [3.8, 4) is 17.1 Å². The molecular weight excluding hydrogens is 545 g/mol. The third-order valence-corrected chi connectivity index (χ3v) is 7.63. The van der Waals surface area contributed by atoms with E-state index in [9.17, 15) is 18.0 Å². The molecule has 39 heavy (non-hydrogen) atoms. The van der Waals surface area contributed by atoms with Crippen LogP contribution in [0.5, 0.6) is 0 Å². The first-order valence-corrected chi connectivity index (χ1v) is 13.7. The highest BCUT2D eigenvalue weighted by Crippen LogP contribution is 2.34. The van der Waals surface area contributed by atoms with Crippen LogP contribution in [-0.4, -0.2) is 37.2 Å². The van der Waals surface area contributed by atoms with Crippen molar-refractivity contribution < 1.29 is 18.0 Å². The Morgan fingerprint density at radius 1 is 1.00 bits per heavy atom. The maximum Gasteiger partial charge on any atom is 0.416 e. The van der Waals surface area contributed by atoms with Gasteiger partial charge in [0, 0.05) is 29.9 Å². The summed E-state index contributed by atoms with van der Waals surface area (Å²) in [5, 5.41) is 14.2. The third-order valence-electron chi connectivity index (χ3n) is 5.65. The minimum Gasteiger partial charge on any atom is -0.350 e. The van der Waals surface area contributed by atoms with E-state index in [4.69, 9.17) is 0 Å². The number of rotatable bonds is 9. The van der Waals surface area contributed by atoms with Crippen LogP contribution in [0, 0.1) is 0 Å². The zero-order valence-electron chi connectivity index (χ0n) is 20.3. The number of nitrogens with zero attached hydrogens (tertiary/aromatic N) is 5. The lowest BCUT2D eigenvalue weighted by Crippen LogP contribution is -2.26. The van der Waals surface area contributed by atoms with Crippen molar-refractivity contribution in [2.45, 2.75) is 23.5 Å². The van der Waals surface area contributed by atoms with Crippen molar-refractivity contribution in [3.63, 3.8) is 0 Å². The van der Waals surface area contributed by atoms with Crippen LogP contribution in [-0.2, 0) is 18.3 Å². The summed E-state index contributed by atoms with van der Waals surface area (Å²) in [6, 6.07) is 18.3. The molecule has 0 saturated heterocycles. The maximum atomic E-state index is 13.4. The first-order valence-electron chi connectivity index (χ1n) is 11.8. The number of halogens is 3. The summed E-state index contributed by atoms with van der Waals surface area (Å²) in [7, 11) is 0. The van der Waals surface area contributed by atoms with Gasteiger partial charge in [-0.05, 0) is 42.3 Å². The smallest absolute Gasteiger partial charge is 0.350 e. The number of nitrogens with one attached hydrogen (secondary N) is 1. The van der Waals surface area contributed by atoms with E-state index in [0.717, 1.165) is 17.7 Å². The number of aromatic nitrogens is 5. The van der Waals surface area contributed by atoms with Crippen molar-refractivity contribution in [2.24, 2.45) is 0 Å². The molecule has 0 unspecified atom stereocenters. The van der Waals surface area contributed by atoms with Crippen molar-refractivity contribution in [2.75, 3.05) is 6.54 Å². The van der Waals surface area contributed by atoms with Crippen LogP contribution in [0.1, 0.15) is 26.6 Å². The topological polar surface area (TPSA) is 85.6 Å². The maximum absolute atomic E-state index is 13.4. The molecule has 7 nitrogen and oxygen atoms in total. The van der Waals surface area contributed by atoms with Gasteiger partial charge in [0.1, 0.15) is 10.7 Å². The highest BCUT2D eigenvalue weighted by atomic mass is 32.2. The van der Waals surface area contributed by atoms with E-state index in [1.807, 2.05) is 30.3 Å². The van der Waals surface area contributed by atoms with Crippen LogP contribution in [0.2, 0.25) is 0 Å². The van der Waals surface area contributed by atoms with Gasteiger partial charge < -0.3 is 5.32 Å². The molecule has 0 aliphatic heterocycles. The Morgan fingerprint density at radius 3 is 2.56 bits per heavy atom. The SMILES string of the molecule is O=C(NCCc1ccccc1)c1csc(CSc2nnc(-c3ccncc3)n2-c2cccc(C(F)(F)F)c2)n1. The molecule has 0 fully saturated rings. The summed E-state index contributed by atoms with van der Waals surface area (Å²) in [5.74, 6) is 0.484. The number of carbonyl (C=O) groups excluding carboxylic acids is 1. The zero-order chi connectivity index (χ0) is 27.2. The molecule has 1 N–H and O–H groups in total. The second-order valence-electron chi connectivity index (χ2n) is 8.33. The summed E-state index contributed by atoms with van der Waals surface area (Å²) in [5.41, 5.74) is 1.62. The van der Waals surface area contributed by atoms with E-state index < -0.39 is 11.7 Å². The van der Waals surface area contributed by atoms with Gasteiger partial charge in [-0.15, -0.1) is 21.5 Å². The molecule has 3 aromatic heterocycles. The van der Waals surface area contributed by atoms with Gasteiger partial charge >= 0.3 is 6.18 Å². The highest BCUT2D eigenvalue weighted by Gasteiger charge is 2.31. The summed E-state index contributed by atoms with van der Waals surface area (Å²) in [6.07, 6.45) is -0.623. The highest BCUT2D eigenvalue weighted by molar-refractivity contribution is 7.98. The van der Waals surface area contributed by atoms with Gasteiger partial charge in [-0.3, -0.25) is 14.3 Å². The Labute approximate surface area is 230 Å². The molecule has 0 radical (unpaired) electrons. The molecule has 12 heteroatoms. The fraction of sp³-hybridized carbons (Fsp3) is 0.148. The number of carbonyl (C=O) groups is 1. The molecule has 0 spiro atoms. The lowest BCUT2D eigenvalue weighted by atomic mass is 10.1. The number of pyridine rings is 1. The van der Waals surface area contributed by atoms with Crippen LogP contribution in [0.15, 0.2) is 89.7 Å². The minimum atomic E-state index is -4.49. The van der Waals surface area contributed by atoms with Gasteiger partial charge in [-0.1, -0.05) is 48.2 Å². The number of thiazole rings is 1. The zero-order valence-corrected chi connectivity index (χ0v) is 21.9. The molecule has 0 atom stereocenters. The first-order chi connectivity index (χ1) is 18.9. The summed E-state index contributed by atoms with van der Waals surface area (Å²) >= 11 is 2.60. The Bertz CT molecular complexity index is 1550. The Kier molecular flexibility index (Phi) is 8.03. The van der Waals surface area contributed by atoms with E-state index in [2.05, 4.69) is 25.5 Å². The first kappa shape index (κ1) is 26.6. The van der Waals surface area contributed by atoms with E-state index in [1.165, 1.54) is 29.2 Å². The predicted octanol–water partition coefficient (Wildman–Crippen LogP) is 6.07. The molecule has 3 heterocycles. The molecule has 5 rings (SSSR count). The fourth-order valence-electron chi connectivity index (χ4n) is 3.77. The van der Waals surface area contributed by atoms with Gasteiger partial charge in [0.25, 0.3) is 5.91 Å². The van der Waals surface area contributed by atoms with Gasteiger partial charge in [0.15, 0.2) is 11.0 Å². The van der Waals surface area contributed by atoms with Crippen molar-refractivity contribution >= 4 is 29.0 Å². The number of benzene rings is 2. The van der Waals surface area contributed by atoms with Crippen LogP contribution in [0.25, 0.3) is 17.1 Å². The summed E-state index contributed by atoms with van der Waals surface area (Å²) in [6.45, 7) is 0.488. The van der Waals surface area contributed by atoms with Gasteiger partial charge in [-0.25, -0.2) is 4.98 Å². The number of hydrogen-bond donors (Lipinski definition) is 1. The largest absolute Gasteiger partial charge is 0.416 e. The average Bonchev–Trinajstić information content (AvgIpc) is 3.60. The molecule has 2 aromatic carbocycles. The molecule has 0 aliphatic carbocycles. The summed E-state index contributed by atoms with van der Waals surface area (Å²) in [4.78, 5) is 21.0. The Morgan fingerprint density at radius 2 is 1.79 bits per heavy atom. The van der Waals surface area contributed by atoms with Crippen LogP contribution < -0.4 is 5.32 Å². The Hall–Kier alpha value is -4.03. The van der Waals surface area contributed by atoms with E-state index >= 15 is 0 Å². The van der Waals surface area contributed by atoms with Crippen LogP contribution >= 0.6 is 23.1 Å². The molecule has 198 valence electrons. The van der Waals surface area contributed by atoms with Gasteiger partial charge in [-0.2, -0.15) is 13.2 Å². The van der Waals surface area contributed by atoms with Crippen LogP contribution in [0.3, 0.4) is 0 Å². The van der Waals surface area contributed by atoms with E-state index in [-0.39, 0.29) is 11.6 Å². The normalized spacial score (nSPS) is 11.5. The van der Waals surface area contributed by atoms with Crippen molar-refractivity contribution in [1.82, 2.24) is 30.0 Å². The van der Waals surface area contributed by atoms with Crippen LogP contribution in [0.4, 0.5) is 13.2 Å². The molecule has 1 amide bonds. The number of thioether (sulfide) groups is 1. The second kappa shape index (κ2) is 11.8. The molecule has 0 bridgehead atoms. The minimum absolute atomic E-state index is 0.259. The molecule has 0 aliphatic rings. The Balaban J connectivity index is 1.32. The summed E-state index contributed by atoms with van der Waals surface area (Å²) < 4.78 is 41.9. The fourth-order valence-corrected chi connectivity index (χ4v) is 5.51. The monoisotopic (exact) mass is 566 g/mol. The number of alkyl halides is 3.